The molecule has 0 unspecified atom stereocenters. The first-order valence-electron chi connectivity index (χ1n) is 3.51. The van der Waals surface area contributed by atoms with Crippen LogP contribution in [0.5, 0.6) is 0 Å². The van der Waals surface area contributed by atoms with E-state index in [1.807, 2.05) is 0 Å². The molecule has 70 valence electrons. The number of pyridine rings is 1. The third-order valence-corrected chi connectivity index (χ3v) is 3.51. The lowest BCUT2D eigenvalue weighted by atomic mass is 10.2. The van der Waals surface area contributed by atoms with Crippen LogP contribution in [-0.2, 0) is 16.0 Å². The Kier molecular flexibility index (Phi) is 3.87. The molecule has 0 atom stereocenters. The number of nitrogens with zero attached hydrogens (tertiary/aromatic N) is 1. The number of halogens is 2. The van der Waals surface area contributed by atoms with Gasteiger partial charge >= 0.3 is 5.97 Å². The maximum Gasteiger partial charge on any atom is 0.310 e. The molecule has 0 radical (unpaired) electrons. The second kappa shape index (κ2) is 4.72. The van der Waals surface area contributed by atoms with Crippen molar-refractivity contribution in [3.05, 3.63) is 26.9 Å². The minimum Gasteiger partial charge on any atom is -0.469 e. The first-order chi connectivity index (χ1) is 6.15. The molecule has 0 aliphatic carbocycles. The van der Waals surface area contributed by atoms with Crippen molar-refractivity contribution in [2.75, 3.05) is 7.11 Å². The Hall–Kier alpha value is -0.420. The smallest absolute Gasteiger partial charge is 0.310 e. The Bertz CT molecular complexity index is 328. The van der Waals surface area contributed by atoms with Crippen molar-refractivity contribution in [1.82, 2.24) is 4.98 Å². The average Bonchev–Trinajstić information content (AvgIpc) is 2.13. The zero-order valence-electron chi connectivity index (χ0n) is 6.88. The Morgan fingerprint density at radius 1 is 1.62 bits per heavy atom. The van der Waals surface area contributed by atoms with E-state index in [1.165, 1.54) is 7.11 Å². The highest BCUT2D eigenvalue weighted by molar-refractivity contribution is 9.13. The summed E-state index contributed by atoms with van der Waals surface area (Å²) in [4.78, 5) is 15.0. The summed E-state index contributed by atoms with van der Waals surface area (Å²) >= 11 is 6.57. The molecular weight excluding hydrogens is 302 g/mol. The summed E-state index contributed by atoms with van der Waals surface area (Å²) in [6.45, 7) is 0. The van der Waals surface area contributed by atoms with Crippen molar-refractivity contribution < 1.29 is 9.53 Å². The van der Waals surface area contributed by atoms with Crippen LogP contribution < -0.4 is 0 Å². The summed E-state index contributed by atoms with van der Waals surface area (Å²) in [5.41, 5.74) is 0.855. The van der Waals surface area contributed by atoms with Gasteiger partial charge in [-0.05, 0) is 43.5 Å². The van der Waals surface area contributed by atoms with Crippen LogP contribution in [0.15, 0.2) is 21.3 Å². The second-order valence-corrected chi connectivity index (χ2v) is 3.87. The summed E-state index contributed by atoms with van der Waals surface area (Å²) < 4.78 is 6.03. The van der Waals surface area contributed by atoms with E-state index in [2.05, 4.69) is 41.6 Å². The standard InChI is InChI=1S/C8H7Br2NO2/c1-13-6(12)4-5-2-3-11-8(10)7(5)9/h2-3H,4H2,1H3. The van der Waals surface area contributed by atoms with E-state index in [-0.39, 0.29) is 12.4 Å². The van der Waals surface area contributed by atoms with Crippen LogP contribution in [0.4, 0.5) is 0 Å². The number of carbonyl (C=O) groups is 1. The SMILES string of the molecule is COC(=O)Cc1ccnc(Br)c1Br. The van der Waals surface area contributed by atoms with Crippen molar-refractivity contribution in [2.45, 2.75) is 6.42 Å². The molecule has 0 spiro atoms. The van der Waals surface area contributed by atoms with E-state index in [0.717, 1.165) is 10.0 Å². The molecule has 1 rings (SSSR count). The molecule has 1 aromatic rings. The number of rotatable bonds is 2. The zero-order chi connectivity index (χ0) is 9.84. The molecule has 3 nitrogen and oxygen atoms in total. The van der Waals surface area contributed by atoms with E-state index in [4.69, 9.17) is 0 Å². The van der Waals surface area contributed by atoms with Gasteiger partial charge in [0.25, 0.3) is 0 Å². The van der Waals surface area contributed by atoms with Gasteiger partial charge in [-0.25, -0.2) is 4.98 Å². The van der Waals surface area contributed by atoms with E-state index in [1.54, 1.807) is 12.3 Å². The van der Waals surface area contributed by atoms with Gasteiger partial charge in [0, 0.05) is 6.20 Å². The molecule has 0 aromatic carbocycles. The fraction of sp³-hybridized carbons (Fsp3) is 0.250. The van der Waals surface area contributed by atoms with E-state index in [9.17, 15) is 4.79 Å². The van der Waals surface area contributed by atoms with Crippen LogP contribution in [0.3, 0.4) is 0 Å². The summed E-state index contributed by atoms with van der Waals surface area (Å²) in [6.07, 6.45) is 1.88. The molecule has 13 heavy (non-hydrogen) atoms. The quantitative estimate of drug-likeness (QED) is 0.622. The van der Waals surface area contributed by atoms with Gasteiger partial charge in [0.2, 0.25) is 0 Å². The van der Waals surface area contributed by atoms with Crippen molar-refractivity contribution in [3.8, 4) is 0 Å². The number of esters is 1. The van der Waals surface area contributed by atoms with Crippen LogP contribution >= 0.6 is 31.9 Å². The first kappa shape index (κ1) is 10.7. The Balaban J connectivity index is 2.89. The van der Waals surface area contributed by atoms with Gasteiger partial charge in [0.15, 0.2) is 0 Å². The van der Waals surface area contributed by atoms with E-state index >= 15 is 0 Å². The molecular formula is C8H7Br2NO2. The van der Waals surface area contributed by atoms with Gasteiger partial charge in [-0.1, -0.05) is 0 Å². The van der Waals surface area contributed by atoms with Crippen LogP contribution in [0.2, 0.25) is 0 Å². The van der Waals surface area contributed by atoms with Crippen LogP contribution in [0.1, 0.15) is 5.56 Å². The molecule has 0 saturated carbocycles. The second-order valence-electron chi connectivity index (χ2n) is 2.33. The van der Waals surface area contributed by atoms with Gasteiger partial charge in [-0.15, -0.1) is 0 Å². The van der Waals surface area contributed by atoms with Gasteiger partial charge in [-0.2, -0.15) is 0 Å². The molecule has 0 aliphatic rings. The third kappa shape index (κ3) is 2.77. The van der Waals surface area contributed by atoms with Crippen molar-refractivity contribution >= 4 is 37.8 Å². The zero-order valence-corrected chi connectivity index (χ0v) is 10.1. The maximum atomic E-state index is 11.0. The number of hydrogen-bond donors (Lipinski definition) is 0. The number of carbonyl (C=O) groups excluding carboxylic acids is 1. The minimum absolute atomic E-state index is 0.248. The monoisotopic (exact) mass is 307 g/mol. The topological polar surface area (TPSA) is 39.2 Å². The molecule has 5 heteroatoms. The number of aromatic nitrogens is 1. The molecule has 0 N–H and O–H groups in total. The van der Waals surface area contributed by atoms with Crippen LogP contribution in [0.25, 0.3) is 0 Å². The molecule has 0 fully saturated rings. The lowest BCUT2D eigenvalue weighted by Gasteiger charge is -2.03. The van der Waals surface area contributed by atoms with Gasteiger partial charge in [-0.3, -0.25) is 4.79 Å². The van der Waals surface area contributed by atoms with Crippen molar-refractivity contribution in [1.29, 1.82) is 0 Å². The predicted molar refractivity (Wildman–Crippen MR) is 55.4 cm³/mol. The van der Waals surface area contributed by atoms with Crippen molar-refractivity contribution in [2.24, 2.45) is 0 Å². The number of hydrogen-bond acceptors (Lipinski definition) is 3. The highest BCUT2D eigenvalue weighted by Gasteiger charge is 2.08. The Labute approximate surface area is 92.8 Å². The lowest BCUT2D eigenvalue weighted by molar-refractivity contribution is -0.139. The highest BCUT2D eigenvalue weighted by atomic mass is 79.9. The van der Waals surface area contributed by atoms with E-state index < -0.39 is 0 Å². The van der Waals surface area contributed by atoms with Crippen molar-refractivity contribution in [3.63, 3.8) is 0 Å². The Morgan fingerprint density at radius 3 is 2.92 bits per heavy atom. The summed E-state index contributed by atoms with van der Waals surface area (Å²) in [5, 5.41) is 0. The van der Waals surface area contributed by atoms with E-state index in [0.29, 0.717) is 4.60 Å². The predicted octanol–water partition coefficient (Wildman–Crippen LogP) is 2.32. The highest BCUT2D eigenvalue weighted by Crippen LogP contribution is 2.24. The van der Waals surface area contributed by atoms with Gasteiger partial charge in [0.05, 0.1) is 18.0 Å². The molecule has 0 aliphatic heterocycles. The molecule has 1 aromatic heterocycles. The normalized spacial score (nSPS) is 9.77. The summed E-state index contributed by atoms with van der Waals surface area (Å²) in [5.74, 6) is -0.265. The molecule has 1 heterocycles. The first-order valence-corrected chi connectivity index (χ1v) is 5.09. The minimum atomic E-state index is -0.265. The molecule has 0 amide bonds. The maximum absolute atomic E-state index is 11.0. The van der Waals surface area contributed by atoms with Crippen LogP contribution in [0, 0.1) is 0 Å². The fourth-order valence-corrected chi connectivity index (χ4v) is 1.57. The third-order valence-electron chi connectivity index (χ3n) is 1.49. The van der Waals surface area contributed by atoms with Gasteiger partial charge < -0.3 is 4.74 Å². The fourth-order valence-electron chi connectivity index (χ4n) is 0.819. The number of methoxy groups -OCH3 is 1. The molecule has 0 saturated heterocycles. The average molecular weight is 309 g/mol. The lowest BCUT2D eigenvalue weighted by Crippen LogP contribution is -2.05. The van der Waals surface area contributed by atoms with Gasteiger partial charge in [0.1, 0.15) is 4.60 Å². The Morgan fingerprint density at radius 2 is 2.31 bits per heavy atom. The molecule has 0 bridgehead atoms. The number of ether oxygens (including phenoxy) is 1. The largest absolute Gasteiger partial charge is 0.469 e. The summed E-state index contributed by atoms with van der Waals surface area (Å²) in [6, 6.07) is 1.77. The van der Waals surface area contributed by atoms with Crippen LogP contribution in [-0.4, -0.2) is 18.1 Å². The summed E-state index contributed by atoms with van der Waals surface area (Å²) in [7, 11) is 1.37.